The van der Waals surface area contributed by atoms with Gasteiger partial charge in [0.25, 0.3) is 0 Å². The van der Waals surface area contributed by atoms with Gasteiger partial charge in [0.15, 0.2) is 0 Å². The maximum atomic E-state index is 13.1. The van der Waals surface area contributed by atoms with E-state index in [-0.39, 0.29) is 11.8 Å². The fraction of sp³-hybridized carbons (Fsp3) is 0.385. The second kappa shape index (κ2) is 8.69. The Balaban J connectivity index is 1.53. The zero-order valence-corrected chi connectivity index (χ0v) is 18.7. The molecule has 3 aromatic rings. The number of rotatable bonds is 9. The molecule has 6 nitrogen and oxygen atoms in total. The van der Waals surface area contributed by atoms with Crippen molar-refractivity contribution < 1.29 is 14.3 Å². The normalized spacial score (nSPS) is 15.4. The van der Waals surface area contributed by atoms with Gasteiger partial charge in [0.05, 0.1) is 19.2 Å². The third-order valence-corrected chi connectivity index (χ3v) is 6.15. The van der Waals surface area contributed by atoms with E-state index in [1.54, 1.807) is 11.8 Å². The van der Waals surface area contributed by atoms with Crippen LogP contribution in [0.1, 0.15) is 31.2 Å². The van der Waals surface area contributed by atoms with Crippen molar-refractivity contribution in [1.82, 2.24) is 14.7 Å². The Labute approximate surface area is 188 Å². The van der Waals surface area contributed by atoms with Crippen molar-refractivity contribution in [3.8, 4) is 28.6 Å². The van der Waals surface area contributed by atoms with Crippen LogP contribution in [0.25, 0.3) is 11.3 Å². The zero-order chi connectivity index (χ0) is 22.1. The van der Waals surface area contributed by atoms with E-state index in [9.17, 15) is 4.79 Å². The number of ether oxygens (including phenoxy) is 2. The molecule has 2 fully saturated rings. The van der Waals surface area contributed by atoms with Crippen LogP contribution in [0.3, 0.4) is 0 Å². The molecule has 32 heavy (non-hydrogen) atoms. The lowest BCUT2D eigenvalue weighted by molar-refractivity contribution is -0.133. The Morgan fingerprint density at radius 2 is 1.81 bits per heavy atom. The van der Waals surface area contributed by atoms with Crippen molar-refractivity contribution in [1.29, 1.82) is 0 Å². The summed E-state index contributed by atoms with van der Waals surface area (Å²) in [7, 11) is 3.53. The molecule has 0 bridgehead atoms. The summed E-state index contributed by atoms with van der Waals surface area (Å²) in [6, 6.07) is 17.7. The second-order valence-corrected chi connectivity index (χ2v) is 8.84. The number of aromatic nitrogens is 2. The number of hydrogen-bond donors (Lipinski definition) is 0. The van der Waals surface area contributed by atoms with Crippen LogP contribution in [0.5, 0.6) is 17.4 Å². The van der Waals surface area contributed by atoms with E-state index < -0.39 is 0 Å². The number of amides is 1. The van der Waals surface area contributed by atoms with Gasteiger partial charge in [0.1, 0.15) is 17.2 Å². The number of carbonyl (C=O) groups excluding carboxylic acids is 1. The molecule has 1 aromatic heterocycles. The van der Waals surface area contributed by atoms with E-state index in [4.69, 9.17) is 14.6 Å². The van der Waals surface area contributed by atoms with E-state index in [1.807, 2.05) is 54.4 Å². The molecule has 166 valence electrons. The van der Waals surface area contributed by atoms with Crippen LogP contribution >= 0.6 is 0 Å². The van der Waals surface area contributed by atoms with Gasteiger partial charge in [-0.25, -0.2) is 4.68 Å². The number of aryl methyl sites for hydroxylation is 1. The van der Waals surface area contributed by atoms with Crippen LogP contribution in [0.2, 0.25) is 0 Å². The second-order valence-electron chi connectivity index (χ2n) is 8.84. The van der Waals surface area contributed by atoms with Gasteiger partial charge in [-0.1, -0.05) is 36.4 Å². The smallest absolute Gasteiger partial charge is 0.225 e. The van der Waals surface area contributed by atoms with Crippen LogP contribution in [-0.2, 0) is 18.4 Å². The quantitative estimate of drug-likeness (QED) is 0.476. The summed E-state index contributed by atoms with van der Waals surface area (Å²) in [6.45, 7) is 1.32. The number of carbonyl (C=O) groups is 1. The Hall–Kier alpha value is -3.28. The zero-order valence-electron chi connectivity index (χ0n) is 18.7. The van der Waals surface area contributed by atoms with E-state index in [2.05, 4.69) is 12.1 Å². The summed E-state index contributed by atoms with van der Waals surface area (Å²) < 4.78 is 13.5. The molecule has 2 aliphatic rings. The van der Waals surface area contributed by atoms with Gasteiger partial charge in [-0.15, -0.1) is 0 Å². The van der Waals surface area contributed by atoms with Gasteiger partial charge in [0.2, 0.25) is 11.8 Å². The molecule has 0 unspecified atom stereocenters. The molecule has 0 aliphatic heterocycles. The van der Waals surface area contributed by atoms with Gasteiger partial charge in [-0.3, -0.25) is 4.79 Å². The minimum absolute atomic E-state index is 0.188. The van der Waals surface area contributed by atoms with Gasteiger partial charge < -0.3 is 14.4 Å². The van der Waals surface area contributed by atoms with Crippen LogP contribution in [0.15, 0.2) is 54.6 Å². The molecule has 0 radical (unpaired) electrons. The SMILES string of the molecule is COc1cccc(Oc2c(CN(CC3CC3)C(=O)C3CC3)c(-c3ccccc3)nn2C)c1. The highest BCUT2D eigenvalue weighted by Gasteiger charge is 2.37. The topological polar surface area (TPSA) is 56.6 Å². The lowest BCUT2D eigenvalue weighted by Crippen LogP contribution is -2.33. The lowest BCUT2D eigenvalue weighted by Gasteiger charge is -2.23. The monoisotopic (exact) mass is 431 g/mol. The molecule has 5 rings (SSSR count). The molecule has 0 saturated heterocycles. The first-order chi connectivity index (χ1) is 15.6. The number of methoxy groups -OCH3 is 1. The predicted octanol–water partition coefficient (Wildman–Crippen LogP) is 5.04. The molecular formula is C26H29N3O3. The Kier molecular flexibility index (Phi) is 5.60. The van der Waals surface area contributed by atoms with Crippen molar-refractivity contribution in [3.63, 3.8) is 0 Å². The maximum absolute atomic E-state index is 13.1. The number of nitrogens with zero attached hydrogens (tertiary/aromatic N) is 3. The van der Waals surface area contributed by atoms with Crippen LogP contribution < -0.4 is 9.47 Å². The molecule has 2 aromatic carbocycles. The highest BCUT2D eigenvalue weighted by molar-refractivity contribution is 5.81. The van der Waals surface area contributed by atoms with E-state index >= 15 is 0 Å². The minimum Gasteiger partial charge on any atom is -0.497 e. The fourth-order valence-electron chi connectivity index (χ4n) is 4.05. The summed E-state index contributed by atoms with van der Waals surface area (Å²) in [4.78, 5) is 15.2. The van der Waals surface area contributed by atoms with Crippen LogP contribution in [-0.4, -0.2) is 34.2 Å². The third-order valence-electron chi connectivity index (χ3n) is 6.15. The van der Waals surface area contributed by atoms with Crippen molar-refractivity contribution in [2.24, 2.45) is 18.9 Å². The third kappa shape index (κ3) is 4.49. The first-order valence-corrected chi connectivity index (χ1v) is 11.3. The highest BCUT2D eigenvalue weighted by Crippen LogP contribution is 2.39. The first kappa shape index (κ1) is 20.6. The van der Waals surface area contributed by atoms with Gasteiger partial charge in [-0.2, -0.15) is 5.10 Å². The fourth-order valence-corrected chi connectivity index (χ4v) is 4.05. The Morgan fingerprint density at radius 3 is 2.50 bits per heavy atom. The number of hydrogen-bond acceptors (Lipinski definition) is 4. The molecule has 1 heterocycles. The summed E-state index contributed by atoms with van der Waals surface area (Å²) in [5, 5.41) is 4.81. The van der Waals surface area contributed by atoms with E-state index in [1.165, 1.54) is 12.8 Å². The Morgan fingerprint density at radius 1 is 1.06 bits per heavy atom. The van der Waals surface area contributed by atoms with E-state index in [0.717, 1.165) is 42.0 Å². The average molecular weight is 432 g/mol. The van der Waals surface area contributed by atoms with Crippen molar-refractivity contribution >= 4 is 5.91 Å². The largest absolute Gasteiger partial charge is 0.497 e. The summed E-state index contributed by atoms with van der Waals surface area (Å²) in [5.41, 5.74) is 2.82. The summed E-state index contributed by atoms with van der Waals surface area (Å²) >= 11 is 0. The summed E-state index contributed by atoms with van der Waals surface area (Å²) in [5.74, 6) is 3.14. The van der Waals surface area contributed by atoms with E-state index in [0.29, 0.717) is 24.1 Å². The van der Waals surface area contributed by atoms with Gasteiger partial charge in [-0.05, 0) is 43.7 Å². The molecule has 0 N–H and O–H groups in total. The van der Waals surface area contributed by atoms with Crippen LogP contribution in [0, 0.1) is 11.8 Å². The molecule has 6 heteroatoms. The molecule has 1 amide bonds. The first-order valence-electron chi connectivity index (χ1n) is 11.3. The van der Waals surface area contributed by atoms with Gasteiger partial charge >= 0.3 is 0 Å². The number of benzene rings is 2. The van der Waals surface area contributed by atoms with Gasteiger partial charge in [0, 0.05) is 31.1 Å². The standard InChI is InChI=1S/C26H29N3O3/c1-28-26(32-22-10-6-9-21(15-22)31-2)23(24(27-28)19-7-4-3-5-8-19)17-29(16-18-11-12-18)25(30)20-13-14-20/h3-10,15,18,20H,11-14,16-17H2,1-2H3. The highest BCUT2D eigenvalue weighted by atomic mass is 16.5. The molecule has 2 aliphatic carbocycles. The lowest BCUT2D eigenvalue weighted by atomic mass is 10.1. The molecule has 0 spiro atoms. The predicted molar refractivity (Wildman–Crippen MR) is 123 cm³/mol. The summed E-state index contributed by atoms with van der Waals surface area (Å²) in [6.07, 6.45) is 4.43. The minimum atomic E-state index is 0.188. The van der Waals surface area contributed by atoms with Crippen molar-refractivity contribution in [3.05, 3.63) is 60.2 Å². The average Bonchev–Trinajstić information content (AvgIpc) is 3.74. The molecule has 2 saturated carbocycles. The van der Waals surface area contributed by atoms with Crippen LogP contribution in [0.4, 0.5) is 0 Å². The molecular weight excluding hydrogens is 402 g/mol. The maximum Gasteiger partial charge on any atom is 0.225 e. The van der Waals surface area contributed by atoms with Crippen molar-refractivity contribution in [2.45, 2.75) is 32.2 Å². The molecule has 0 atom stereocenters. The van der Waals surface area contributed by atoms with Crippen molar-refractivity contribution in [2.75, 3.05) is 13.7 Å². The Bertz CT molecular complexity index is 1100.